The van der Waals surface area contributed by atoms with Crippen molar-refractivity contribution < 1.29 is 4.79 Å². The topological polar surface area (TPSA) is 29.1 Å². The minimum absolute atomic E-state index is 0.252. The lowest BCUT2D eigenvalue weighted by molar-refractivity contribution is 0.262. The van der Waals surface area contributed by atoms with Crippen LogP contribution in [0.1, 0.15) is 0 Å². The summed E-state index contributed by atoms with van der Waals surface area (Å²) in [4.78, 5) is 9.86. The van der Waals surface area contributed by atoms with Gasteiger partial charge < -0.3 is 5.32 Å². The van der Waals surface area contributed by atoms with Crippen LogP contribution in [0.4, 0.5) is 4.79 Å². The Labute approximate surface area is 47.7 Å². The highest BCUT2D eigenvalue weighted by Crippen LogP contribution is 1.71. The number of hydrogen-bond acceptors (Lipinski definition) is 1. The zero-order valence-electron chi connectivity index (χ0n) is 3.64. The molecule has 0 spiro atoms. The number of carbonyl (C=O) groups is 1. The van der Waals surface area contributed by atoms with Gasteiger partial charge in [0.25, 0.3) is 5.24 Å². The minimum Gasteiger partial charge on any atom is -0.336 e. The number of thiol groups is 1. The molecule has 0 bridgehead atoms. The van der Waals surface area contributed by atoms with Crippen LogP contribution in [0.25, 0.3) is 0 Å². The Morgan fingerprint density at radius 1 is 2.00 bits per heavy atom. The third-order valence-corrected chi connectivity index (χ3v) is 0.500. The molecule has 0 aromatic heterocycles. The molecule has 7 heavy (non-hydrogen) atoms. The second kappa shape index (κ2) is 3.57. The lowest BCUT2D eigenvalue weighted by Crippen LogP contribution is -2.15. The van der Waals surface area contributed by atoms with Crippen molar-refractivity contribution in [2.45, 2.75) is 0 Å². The van der Waals surface area contributed by atoms with E-state index in [1.54, 1.807) is 0 Å². The minimum atomic E-state index is -0.391. The van der Waals surface area contributed by atoms with Gasteiger partial charge in [-0.1, -0.05) is 18.5 Å². The van der Waals surface area contributed by atoms with E-state index in [2.05, 4.69) is 23.9 Å². The standard InChI is InChI=1S/C4H5NOS/c1-2-3-5-4(6)7/h1H,3H2,(H2,5,6,7). The van der Waals surface area contributed by atoms with Gasteiger partial charge in [0.1, 0.15) is 0 Å². The van der Waals surface area contributed by atoms with Gasteiger partial charge in [0.05, 0.1) is 6.54 Å². The van der Waals surface area contributed by atoms with Crippen molar-refractivity contribution in [1.82, 2.24) is 5.32 Å². The van der Waals surface area contributed by atoms with E-state index in [9.17, 15) is 4.79 Å². The number of terminal acetylenes is 1. The van der Waals surface area contributed by atoms with E-state index in [4.69, 9.17) is 6.42 Å². The Morgan fingerprint density at radius 3 is 2.71 bits per heavy atom. The van der Waals surface area contributed by atoms with Gasteiger partial charge in [0, 0.05) is 0 Å². The molecule has 0 unspecified atom stereocenters. The average molecular weight is 115 g/mol. The fourth-order valence-corrected chi connectivity index (χ4v) is 0.206. The first-order chi connectivity index (χ1) is 3.27. The molecule has 0 rings (SSSR count). The molecule has 0 aliphatic heterocycles. The summed E-state index contributed by atoms with van der Waals surface area (Å²) >= 11 is 3.39. The molecule has 38 valence electrons. The summed E-state index contributed by atoms with van der Waals surface area (Å²) in [6, 6.07) is 0. The molecule has 1 amide bonds. The maximum atomic E-state index is 9.86. The van der Waals surface area contributed by atoms with Crippen molar-refractivity contribution in [1.29, 1.82) is 0 Å². The largest absolute Gasteiger partial charge is 0.336 e. The second-order valence-corrected chi connectivity index (χ2v) is 1.27. The monoisotopic (exact) mass is 115 g/mol. The highest BCUT2D eigenvalue weighted by atomic mass is 32.1. The zero-order valence-corrected chi connectivity index (χ0v) is 4.53. The first kappa shape index (κ1) is 6.38. The number of amides is 1. The smallest absolute Gasteiger partial charge is 0.276 e. The molecular formula is C4H5NOS. The third kappa shape index (κ3) is 5.38. The summed E-state index contributed by atoms with van der Waals surface area (Å²) in [6.45, 7) is 0.252. The van der Waals surface area contributed by atoms with Crippen LogP contribution in [0.2, 0.25) is 0 Å². The number of hydrogen-bond donors (Lipinski definition) is 2. The molecule has 0 saturated carbocycles. The van der Waals surface area contributed by atoms with E-state index < -0.39 is 5.24 Å². The maximum Gasteiger partial charge on any atom is 0.276 e. The van der Waals surface area contributed by atoms with Crippen LogP contribution in [0.15, 0.2) is 0 Å². The van der Waals surface area contributed by atoms with Crippen molar-refractivity contribution >= 4 is 17.9 Å². The highest BCUT2D eigenvalue weighted by molar-refractivity contribution is 7.96. The van der Waals surface area contributed by atoms with Crippen molar-refractivity contribution in [3.8, 4) is 12.3 Å². The van der Waals surface area contributed by atoms with Gasteiger partial charge in [0.15, 0.2) is 0 Å². The first-order valence-corrected chi connectivity index (χ1v) is 2.12. The Kier molecular flexibility index (Phi) is 3.25. The predicted octanol–water partition coefficient (Wildman–Crippen LogP) is 0.259. The van der Waals surface area contributed by atoms with Crippen molar-refractivity contribution in [3.05, 3.63) is 0 Å². The molecule has 0 aromatic rings. The lowest BCUT2D eigenvalue weighted by Gasteiger charge is -1.87. The molecule has 0 aliphatic rings. The molecule has 0 radical (unpaired) electrons. The van der Waals surface area contributed by atoms with E-state index in [0.29, 0.717) is 0 Å². The van der Waals surface area contributed by atoms with Crippen molar-refractivity contribution in [2.75, 3.05) is 6.54 Å². The van der Waals surface area contributed by atoms with Crippen LogP contribution in [-0.4, -0.2) is 11.8 Å². The quantitative estimate of drug-likeness (QED) is 0.372. The summed E-state index contributed by atoms with van der Waals surface area (Å²) in [5.74, 6) is 2.22. The van der Waals surface area contributed by atoms with Gasteiger partial charge in [0.2, 0.25) is 0 Å². The number of rotatable bonds is 1. The van der Waals surface area contributed by atoms with Crippen LogP contribution in [0.3, 0.4) is 0 Å². The van der Waals surface area contributed by atoms with Crippen molar-refractivity contribution in [2.24, 2.45) is 0 Å². The third-order valence-electron chi connectivity index (χ3n) is 0.342. The molecule has 0 fully saturated rings. The predicted molar refractivity (Wildman–Crippen MR) is 31.2 cm³/mol. The molecule has 0 heterocycles. The molecule has 0 aliphatic carbocycles. The fraction of sp³-hybridized carbons (Fsp3) is 0.250. The van der Waals surface area contributed by atoms with Crippen LogP contribution < -0.4 is 5.32 Å². The Morgan fingerprint density at radius 2 is 2.57 bits per heavy atom. The highest BCUT2D eigenvalue weighted by Gasteiger charge is 1.82. The molecule has 3 heteroatoms. The van der Waals surface area contributed by atoms with Crippen LogP contribution in [-0.2, 0) is 0 Å². The van der Waals surface area contributed by atoms with Crippen LogP contribution >= 0.6 is 12.6 Å². The van der Waals surface area contributed by atoms with E-state index in [1.807, 2.05) is 0 Å². The average Bonchev–Trinajstić information content (AvgIpc) is 1.61. The number of carbonyl (C=O) groups excluding carboxylic acids is 1. The summed E-state index contributed by atoms with van der Waals surface area (Å²) < 4.78 is 0. The summed E-state index contributed by atoms with van der Waals surface area (Å²) in [6.07, 6.45) is 4.78. The summed E-state index contributed by atoms with van der Waals surface area (Å²) in [5, 5.41) is 1.89. The fourth-order valence-electron chi connectivity index (χ4n) is 0.127. The summed E-state index contributed by atoms with van der Waals surface area (Å²) in [7, 11) is 0. The Hall–Kier alpha value is -0.620. The normalized spacial score (nSPS) is 6.86. The van der Waals surface area contributed by atoms with Crippen LogP contribution in [0, 0.1) is 12.3 Å². The van der Waals surface area contributed by atoms with Gasteiger partial charge in [-0.05, 0) is 0 Å². The van der Waals surface area contributed by atoms with E-state index >= 15 is 0 Å². The van der Waals surface area contributed by atoms with Gasteiger partial charge in [-0.2, -0.15) is 0 Å². The van der Waals surface area contributed by atoms with Gasteiger partial charge >= 0.3 is 0 Å². The molecule has 1 N–H and O–H groups in total. The second-order valence-electron chi connectivity index (χ2n) is 0.863. The van der Waals surface area contributed by atoms with Crippen LogP contribution in [0.5, 0.6) is 0 Å². The Bertz CT molecular complexity index is 105. The van der Waals surface area contributed by atoms with Crippen molar-refractivity contribution in [3.63, 3.8) is 0 Å². The molecular weight excluding hydrogens is 110 g/mol. The lowest BCUT2D eigenvalue weighted by atomic mass is 10.7. The Balaban J connectivity index is 3.02. The van der Waals surface area contributed by atoms with E-state index in [0.717, 1.165) is 0 Å². The molecule has 0 saturated heterocycles. The van der Waals surface area contributed by atoms with Gasteiger partial charge in [-0.15, -0.1) is 6.42 Å². The van der Waals surface area contributed by atoms with Gasteiger partial charge in [-0.3, -0.25) is 4.79 Å². The van der Waals surface area contributed by atoms with E-state index in [1.165, 1.54) is 0 Å². The maximum absolute atomic E-state index is 9.86. The molecule has 0 aromatic carbocycles. The first-order valence-electron chi connectivity index (χ1n) is 1.67. The van der Waals surface area contributed by atoms with E-state index in [-0.39, 0.29) is 6.54 Å². The SMILES string of the molecule is C#CCNC(=O)S. The zero-order chi connectivity index (χ0) is 5.70. The summed E-state index contributed by atoms with van der Waals surface area (Å²) in [5.41, 5.74) is 0. The number of nitrogens with one attached hydrogen (secondary N) is 1. The molecule has 2 nitrogen and oxygen atoms in total. The van der Waals surface area contributed by atoms with Gasteiger partial charge in [-0.25, -0.2) is 0 Å². The molecule has 0 atom stereocenters.